The second kappa shape index (κ2) is 12.0. The first-order valence-corrected chi connectivity index (χ1v) is 7.62. The largest absolute Gasteiger partial charge is 0.356 e. The minimum atomic E-state index is 0. The third-order valence-electron chi connectivity index (χ3n) is 3.43. The molecular weight excluding hydrogens is 399 g/mol. The maximum absolute atomic E-state index is 5.76. The van der Waals surface area contributed by atoms with E-state index < -0.39 is 0 Å². The van der Waals surface area contributed by atoms with Crippen LogP contribution in [0, 0.1) is 5.92 Å². The normalized spacial score (nSPS) is 11.2. The molecule has 0 aliphatic heterocycles. The van der Waals surface area contributed by atoms with E-state index in [2.05, 4.69) is 34.5 Å². The third-order valence-corrected chi connectivity index (χ3v) is 3.65. The Hall–Kier alpha value is -0.560. The van der Waals surface area contributed by atoms with E-state index in [-0.39, 0.29) is 24.0 Å². The predicted molar refractivity (Wildman–Crippen MR) is 102 cm³/mol. The molecule has 6 heteroatoms. The van der Waals surface area contributed by atoms with Crippen LogP contribution in [0.5, 0.6) is 0 Å². The summed E-state index contributed by atoms with van der Waals surface area (Å²) in [5.41, 5.74) is 1.16. The van der Waals surface area contributed by atoms with Crippen molar-refractivity contribution < 1.29 is 0 Å². The molecule has 0 aliphatic rings. The van der Waals surface area contributed by atoms with Crippen LogP contribution in [0.2, 0.25) is 5.15 Å². The molecule has 1 heterocycles. The SMILES string of the molecule is CCC(CC)CNC(=NC)NCCc1ccc(Cl)nc1.I. The zero-order valence-corrected chi connectivity index (χ0v) is 16.1. The van der Waals surface area contributed by atoms with Gasteiger partial charge in [0.1, 0.15) is 5.15 Å². The molecule has 0 aromatic carbocycles. The monoisotopic (exact) mass is 424 g/mol. The topological polar surface area (TPSA) is 49.3 Å². The summed E-state index contributed by atoms with van der Waals surface area (Å²) < 4.78 is 0. The highest BCUT2D eigenvalue weighted by Gasteiger charge is 2.04. The molecule has 120 valence electrons. The summed E-state index contributed by atoms with van der Waals surface area (Å²) in [7, 11) is 1.80. The molecule has 0 bridgehead atoms. The van der Waals surface area contributed by atoms with Gasteiger partial charge >= 0.3 is 0 Å². The molecule has 0 spiro atoms. The van der Waals surface area contributed by atoms with E-state index in [0.29, 0.717) is 11.1 Å². The summed E-state index contributed by atoms with van der Waals surface area (Å²) in [6.45, 7) is 6.24. The second-order valence-corrected chi connectivity index (χ2v) is 5.19. The first kappa shape index (κ1) is 20.4. The average Bonchev–Trinajstić information content (AvgIpc) is 2.48. The molecular formula is C15H26ClIN4. The molecule has 0 amide bonds. The Kier molecular flexibility index (Phi) is 11.7. The predicted octanol–water partition coefficient (Wildman–Crippen LogP) is 3.50. The zero-order chi connectivity index (χ0) is 14.8. The third kappa shape index (κ3) is 8.46. The highest BCUT2D eigenvalue weighted by molar-refractivity contribution is 14.0. The van der Waals surface area contributed by atoms with Crippen molar-refractivity contribution in [3.63, 3.8) is 0 Å². The van der Waals surface area contributed by atoms with E-state index in [4.69, 9.17) is 11.6 Å². The van der Waals surface area contributed by atoms with Crippen molar-refractivity contribution in [3.8, 4) is 0 Å². The maximum atomic E-state index is 5.76. The number of nitrogens with zero attached hydrogens (tertiary/aromatic N) is 2. The number of hydrogen-bond acceptors (Lipinski definition) is 2. The summed E-state index contributed by atoms with van der Waals surface area (Å²) in [5, 5.41) is 7.21. The van der Waals surface area contributed by atoms with Crippen LogP contribution < -0.4 is 10.6 Å². The molecule has 0 radical (unpaired) electrons. The Balaban J connectivity index is 0.00000400. The van der Waals surface area contributed by atoms with Crippen LogP contribution in [-0.4, -0.2) is 31.1 Å². The van der Waals surface area contributed by atoms with Gasteiger partial charge in [-0.3, -0.25) is 4.99 Å². The van der Waals surface area contributed by atoms with Crippen molar-refractivity contribution >= 4 is 41.5 Å². The summed E-state index contributed by atoms with van der Waals surface area (Å²) in [4.78, 5) is 8.30. The summed E-state index contributed by atoms with van der Waals surface area (Å²) in [6, 6.07) is 3.81. The van der Waals surface area contributed by atoms with Gasteiger partial charge in [0.15, 0.2) is 5.96 Å². The van der Waals surface area contributed by atoms with Gasteiger partial charge in [-0.25, -0.2) is 4.98 Å². The first-order valence-electron chi connectivity index (χ1n) is 7.24. The van der Waals surface area contributed by atoms with Gasteiger partial charge in [-0.15, -0.1) is 24.0 Å². The van der Waals surface area contributed by atoms with Crippen LogP contribution in [0.15, 0.2) is 23.3 Å². The first-order chi connectivity index (χ1) is 9.69. The van der Waals surface area contributed by atoms with Gasteiger partial charge in [0.05, 0.1) is 0 Å². The highest BCUT2D eigenvalue weighted by Crippen LogP contribution is 2.06. The Morgan fingerprint density at radius 3 is 2.52 bits per heavy atom. The van der Waals surface area contributed by atoms with Gasteiger partial charge in [-0.2, -0.15) is 0 Å². The smallest absolute Gasteiger partial charge is 0.190 e. The highest BCUT2D eigenvalue weighted by atomic mass is 127. The van der Waals surface area contributed by atoms with Gasteiger partial charge < -0.3 is 10.6 Å². The Morgan fingerprint density at radius 1 is 1.29 bits per heavy atom. The van der Waals surface area contributed by atoms with E-state index in [0.717, 1.165) is 31.0 Å². The van der Waals surface area contributed by atoms with Crippen molar-refractivity contribution in [2.24, 2.45) is 10.9 Å². The molecule has 4 nitrogen and oxygen atoms in total. The summed E-state index contributed by atoms with van der Waals surface area (Å²) in [5.74, 6) is 1.56. The zero-order valence-electron chi connectivity index (χ0n) is 13.0. The van der Waals surface area contributed by atoms with Crippen molar-refractivity contribution in [2.45, 2.75) is 33.1 Å². The Morgan fingerprint density at radius 2 is 2.00 bits per heavy atom. The van der Waals surface area contributed by atoms with Gasteiger partial charge in [-0.1, -0.05) is 44.4 Å². The summed E-state index contributed by atoms with van der Waals surface area (Å²) >= 11 is 5.76. The number of aliphatic imine (C=N–C) groups is 1. The Bertz CT molecular complexity index is 405. The molecule has 0 atom stereocenters. The molecule has 21 heavy (non-hydrogen) atoms. The van der Waals surface area contributed by atoms with E-state index in [1.54, 1.807) is 7.05 Å². The molecule has 0 unspecified atom stereocenters. The van der Waals surface area contributed by atoms with E-state index in [1.165, 1.54) is 12.8 Å². The van der Waals surface area contributed by atoms with E-state index >= 15 is 0 Å². The number of hydrogen-bond donors (Lipinski definition) is 2. The lowest BCUT2D eigenvalue weighted by Crippen LogP contribution is -2.40. The van der Waals surface area contributed by atoms with Gasteiger partial charge in [-0.05, 0) is 24.0 Å². The average molecular weight is 425 g/mol. The molecule has 1 aromatic rings. The maximum Gasteiger partial charge on any atom is 0.190 e. The molecule has 0 saturated heterocycles. The second-order valence-electron chi connectivity index (χ2n) is 4.80. The molecule has 0 aliphatic carbocycles. The molecule has 0 fully saturated rings. The molecule has 1 rings (SSSR count). The number of aromatic nitrogens is 1. The quantitative estimate of drug-likeness (QED) is 0.305. The standard InChI is InChI=1S/C15H25ClN4.HI/c1-4-12(5-2)10-20-15(17-3)18-9-8-13-6-7-14(16)19-11-13;/h6-7,11-12H,4-5,8-10H2,1-3H3,(H2,17,18,20);1H. The van der Waals surface area contributed by atoms with Crippen LogP contribution in [-0.2, 0) is 6.42 Å². The lowest BCUT2D eigenvalue weighted by atomic mass is 10.0. The molecule has 0 saturated carbocycles. The van der Waals surface area contributed by atoms with Crippen LogP contribution in [0.3, 0.4) is 0 Å². The lowest BCUT2D eigenvalue weighted by molar-refractivity contribution is 0.481. The van der Waals surface area contributed by atoms with Gasteiger partial charge in [0, 0.05) is 26.3 Å². The van der Waals surface area contributed by atoms with Gasteiger partial charge in [0.2, 0.25) is 0 Å². The Labute approximate surface area is 150 Å². The van der Waals surface area contributed by atoms with Crippen molar-refractivity contribution in [1.29, 1.82) is 0 Å². The lowest BCUT2D eigenvalue weighted by Gasteiger charge is -2.16. The fourth-order valence-corrected chi connectivity index (χ4v) is 2.03. The molecule has 1 aromatic heterocycles. The number of guanidine groups is 1. The van der Waals surface area contributed by atoms with Crippen LogP contribution in [0.25, 0.3) is 0 Å². The number of pyridine rings is 1. The molecule has 2 N–H and O–H groups in total. The van der Waals surface area contributed by atoms with Crippen molar-refractivity contribution in [2.75, 3.05) is 20.1 Å². The fraction of sp³-hybridized carbons (Fsp3) is 0.600. The van der Waals surface area contributed by atoms with Crippen LogP contribution in [0.4, 0.5) is 0 Å². The van der Waals surface area contributed by atoms with Gasteiger partial charge in [0.25, 0.3) is 0 Å². The number of nitrogens with one attached hydrogen (secondary N) is 2. The van der Waals surface area contributed by atoms with Crippen molar-refractivity contribution in [1.82, 2.24) is 15.6 Å². The van der Waals surface area contributed by atoms with Crippen molar-refractivity contribution in [3.05, 3.63) is 29.0 Å². The van der Waals surface area contributed by atoms with E-state index in [9.17, 15) is 0 Å². The number of halogens is 2. The number of rotatable bonds is 7. The fourth-order valence-electron chi connectivity index (χ4n) is 1.92. The minimum Gasteiger partial charge on any atom is -0.356 e. The van der Waals surface area contributed by atoms with Crippen LogP contribution >= 0.6 is 35.6 Å². The summed E-state index contributed by atoms with van der Waals surface area (Å²) in [6.07, 6.45) is 5.09. The van der Waals surface area contributed by atoms with Crippen LogP contribution in [0.1, 0.15) is 32.3 Å². The minimum absolute atomic E-state index is 0. The van der Waals surface area contributed by atoms with E-state index in [1.807, 2.05) is 18.3 Å².